The molecule has 0 heterocycles. The Hall–Kier alpha value is -1.91. The Labute approximate surface area is 93.2 Å². The van der Waals surface area contributed by atoms with Crippen molar-refractivity contribution in [1.29, 1.82) is 0 Å². The Morgan fingerprint density at radius 2 is 2.25 bits per heavy atom. The van der Waals surface area contributed by atoms with Crippen molar-refractivity contribution in [3.8, 4) is 5.75 Å². The molecule has 0 fully saturated rings. The second-order valence-corrected chi connectivity index (χ2v) is 3.34. The van der Waals surface area contributed by atoms with Crippen molar-refractivity contribution < 1.29 is 14.5 Å². The van der Waals surface area contributed by atoms with E-state index in [0.29, 0.717) is 12.0 Å². The normalized spacial score (nSPS) is 11.9. The summed E-state index contributed by atoms with van der Waals surface area (Å²) in [6, 6.07) is 4.58. The summed E-state index contributed by atoms with van der Waals surface area (Å²) in [4.78, 5) is 21.0. The highest BCUT2D eigenvalue weighted by Crippen LogP contribution is 2.30. The van der Waals surface area contributed by atoms with E-state index in [9.17, 15) is 14.9 Å². The molecule has 5 heteroatoms. The minimum atomic E-state index is -0.514. The molecule has 0 aliphatic rings. The first-order chi connectivity index (χ1) is 7.63. The third-order valence-corrected chi connectivity index (χ3v) is 2.43. The maximum atomic E-state index is 10.8. The van der Waals surface area contributed by atoms with E-state index < -0.39 is 4.92 Å². The third kappa shape index (κ3) is 2.36. The molecular formula is C11H13NO4. The average molecular weight is 223 g/mol. The highest BCUT2D eigenvalue weighted by molar-refractivity contribution is 5.64. The number of nitrogens with zero attached hydrogens (tertiary/aromatic N) is 1. The second kappa shape index (κ2) is 5.25. The lowest BCUT2D eigenvalue weighted by Gasteiger charge is -2.08. The molecule has 0 aliphatic heterocycles. The SMILES string of the molecule is CCC(C=O)c1ccc(OC)c([N+](=O)[O-])c1. The maximum Gasteiger partial charge on any atom is 0.311 e. The number of aldehydes is 1. The van der Waals surface area contributed by atoms with E-state index in [2.05, 4.69) is 0 Å². The molecule has 0 N–H and O–H groups in total. The van der Waals surface area contributed by atoms with Crippen molar-refractivity contribution in [2.45, 2.75) is 19.3 Å². The molecule has 0 amide bonds. The molecule has 0 radical (unpaired) electrons. The van der Waals surface area contributed by atoms with E-state index in [0.717, 1.165) is 6.29 Å². The molecule has 1 aromatic carbocycles. The Balaban J connectivity index is 3.20. The van der Waals surface area contributed by atoms with Crippen molar-refractivity contribution in [2.24, 2.45) is 0 Å². The van der Waals surface area contributed by atoms with Crippen LogP contribution in [-0.4, -0.2) is 18.3 Å². The number of nitro benzene ring substituents is 1. The summed E-state index contributed by atoms with van der Waals surface area (Å²) in [5, 5.41) is 10.8. The lowest BCUT2D eigenvalue weighted by Crippen LogP contribution is -2.01. The Morgan fingerprint density at radius 3 is 2.69 bits per heavy atom. The van der Waals surface area contributed by atoms with E-state index >= 15 is 0 Å². The lowest BCUT2D eigenvalue weighted by atomic mass is 9.97. The molecule has 0 aromatic heterocycles. The van der Waals surface area contributed by atoms with Gasteiger partial charge in [-0.15, -0.1) is 0 Å². The highest BCUT2D eigenvalue weighted by atomic mass is 16.6. The van der Waals surface area contributed by atoms with Crippen LogP contribution >= 0.6 is 0 Å². The van der Waals surface area contributed by atoms with Gasteiger partial charge in [-0.25, -0.2) is 0 Å². The van der Waals surface area contributed by atoms with Crippen LogP contribution in [0.2, 0.25) is 0 Å². The van der Waals surface area contributed by atoms with Crippen LogP contribution < -0.4 is 4.74 Å². The predicted octanol–water partition coefficient (Wildman–Crippen LogP) is 2.30. The van der Waals surface area contributed by atoms with Gasteiger partial charge in [0.1, 0.15) is 6.29 Å². The van der Waals surface area contributed by atoms with Gasteiger partial charge in [-0.1, -0.05) is 13.0 Å². The monoisotopic (exact) mass is 223 g/mol. The minimum Gasteiger partial charge on any atom is -0.490 e. The predicted molar refractivity (Wildman–Crippen MR) is 58.7 cm³/mol. The zero-order valence-corrected chi connectivity index (χ0v) is 9.17. The van der Waals surface area contributed by atoms with Gasteiger partial charge in [-0.05, 0) is 18.1 Å². The van der Waals surface area contributed by atoms with Crippen LogP contribution in [0.5, 0.6) is 5.75 Å². The summed E-state index contributed by atoms with van der Waals surface area (Å²) in [6.45, 7) is 1.86. The number of hydrogen-bond donors (Lipinski definition) is 0. The van der Waals surface area contributed by atoms with Crippen LogP contribution in [0.4, 0.5) is 5.69 Å². The van der Waals surface area contributed by atoms with Gasteiger partial charge in [0, 0.05) is 12.0 Å². The Bertz CT molecular complexity index is 403. The van der Waals surface area contributed by atoms with E-state index in [1.807, 2.05) is 6.92 Å². The second-order valence-electron chi connectivity index (χ2n) is 3.34. The molecule has 0 aliphatic carbocycles. The van der Waals surface area contributed by atoms with Gasteiger partial charge in [0.25, 0.3) is 0 Å². The molecule has 86 valence electrons. The number of ether oxygens (including phenoxy) is 1. The number of rotatable bonds is 5. The van der Waals surface area contributed by atoms with Crippen molar-refractivity contribution >= 4 is 12.0 Å². The Morgan fingerprint density at radius 1 is 1.56 bits per heavy atom. The van der Waals surface area contributed by atoms with Gasteiger partial charge >= 0.3 is 5.69 Å². The average Bonchev–Trinajstić information content (AvgIpc) is 2.30. The van der Waals surface area contributed by atoms with Gasteiger partial charge in [0.15, 0.2) is 5.75 Å². The number of methoxy groups -OCH3 is 1. The molecule has 1 aromatic rings. The van der Waals surface area contributed by atoms with E-state index in [1.165, 1.54) is 19.2 Å². The largest absolute Gasteiger partial charge is 0.490 e. The van der Waals surface area contributed by atoms with Crippen LogP contribution in [0.25, 0.3) is 0 Å². The fourth-order valence-corrected chi connectivity index (χ4v) is 1.49. The van der Waals surface area contributed by atoms with Crippen LogP contribution in [0, 0.1) is 10.1 Å². The van der Waals surface area contributed by atoms with Crippen LogP contribution in [0.1, 0.15) is 24.8 Å². The number of carbonyl (C=O) groups is 1. The molecule has 0 bridgehead atoms. The van der Waals surface area contributed by atoms with Gasteiger partial charge in [0.05, 0.1) is 12.0 Å². The van der Waals surface area contributed by atoms with Gasteiger partial charge in [-0.3, -0.25) is 10.1 Å². The molecule has 1 unspecified atom stereocenters. The molecule has 0 spiro atoms. The zero-order valence-electron chi connectivity index (χ0n) is 9.17. The fourth-order valence-electron chi connectivity index (χ4n) is 1.49. The molecule has 16 heavy (non-hydrogen) atoms. The quantitative estimate of drug-likeness (QED) is 0.436. The van der Waals surface area contributed by atoms with Gasteiger partial charge in [0.2, 0.25) is 0 Å². The first-order valence-corrected chi connectivity index (χ1v) is 4.91. The van der Waals surface area contributed by atoms with Crippen LogP contribution in [0.15, 0.2) is 18.2 Å². The van der Waals surface area contributed by atoms with Crippen LogP contribution in [-0.2, 0) is 4.79 Å². The van der Waals surface area contributed by atoms with Crippen molar-refractivity contribution in [3.63, 3.8) is 0 Å². The molecule has 1 rings (SSSR count). The summed E-state index contributed by atoms with van der Waals surface area (Å²) in [6.07, 6.45) is 1.42. The number of benzene rings is 1. The van der Waals surface area contributed by atoms with Gasteiger partial charge in [-0.2, -0.15) is 0 Å². The molecule has 1 atom stereocenters. The topological polar surface area (TPSA) is 69.4 Å². The highest BCUT2D eigenvalue weighted by Gasteiger charge is 2.18. The molecule has 0 saturated carbocycles. The number of nitro groups is 1. The van der Waals surface area contributed by atoms with Crippen molar-refractivity contribution in [3.05, 3.63) is 33.9 Å². The molecular weight excluding hydrogens is 210 g/mol. The smallest absolute Gasteiger partial charge is 0.311 e. The molecule has 0 saturated heterocycles. The summed E-state index contributed by atoms with van der Waals surface area (Å²) >= 11 is 0. The van der Waals surface area contributed by atoms with Crippen molar-refractivity contribution in [2.75, 3.05) is 7.11 Å². The number of hydrogen-bond acceptors (Lipinski definition) is 4. The zero-order chi connectivity index (χ0) is 12.1. The fraction of sp³-hybridized carbons (Fsp3) is 0.364. The lowest BCUT2D eigenvalue weighted by molar-refractivity contribution is -0.385. The van der Waals surface area contributed by atoms with Gasteiger partial charge < -0.3 is 9.53 Å². The van der Waals surface area contributed by atoms with E-state index in [4.69, 9.17) is 4.74 Å². The third-order valence-electron chi connectivity index (χ3n) is 2.43. The minimum absolute atomic E-state index is 0.111. The molecule has 5 nitrogen and oxygen atoms in total. The first-order valence-electron chi connectivity index (χ1n) is 4.91. The van der Waals surface area contributed by atoms with Crippen LogP contribution in [0.3, 0.4) is 0 Å². The number of carbonyl (C=O) groups excluding carboxylic acids is 1. The maximum absolute atomic E-state index is 10.8. The van der Waals surface area contributed by atoms with E-state index in [-0.39, 0.29) is 17.4 Å². The summed E-state index contributed by atoms with van der Waals surface area (Å²) in [5.41, 5.74) is 0.533. The summed E-state index contributed by atoms with van der Waals surface area (Å²) in [7, 11) is 1.37. The Kier molecular flexibility index (Phi) is 3.99. The standard InChI is InChI=1S/C11H13NO4/c1-3-8(7-13)9-4-5-11(16-2)10(6-9)12(14)15/h4-8H,3H2,1-2H3. The summed E-state index contributed by atoms with van der Waals surface area (Å²) < 4.78 is 4.88. The van der Waals surface area contributed by atoms with E-state index in [1.54, 1.807) is 6.07 Å². The first kappa shape index (κ1) is 12.2. The van der Waals surface area contributed by atoms with Crippen molar-refractivity contribution in [1.82, 2.24) is 0 Å². The summed E-state index contributed by atoms with van der Waals surface area (Å²) in [5.74, 6) is -0.0980.